The van der Waals surface area contributed by atoms with Gasteiger partial charge < -0.3 is 14.6 Å². The molecule has 0 unspecified atom stereocenters. The number of methoxy groups -OCH3 is 1. The molecule has 6 atom stereocenters. The standard InChI is InChI=1S/C22H35FO6/c1-9-16-21(6,27)12-14(3)17(24)13(2)10-20(5,28-8)11-15(4)18(25)22(7,23)19(26)29-16/h12-13,15-16,27H,9-11H2,1-8H3/b14-12+/t13-,15-,16-,20-,21+,22+/m1/s1. The number of rotatable bonds is 2. The topological polar surface area (TPSA) is 89.9 Å². The lowest BCUT2D eigenvalue weighted by molar-refractivity contribution is -0.176. The number of Topliss-reactive ketones (excluding diaryl/α,β-unsaturated/α-hetero) is 2. The van der Waals surface area contributed by atoms with E-state index in [-0.39, 0.29) is 18.6 Å². The lowest BCUT2D eigenvalue weighted by atomic mass is 9.79. The van der Waals surface area contributed by atoms with Crippen LogP contribution < -0.4 is 0 Å². The van der Waals surface area contributed by atoms with E-state index in [4.69, 9.17) is 9.47 Å². The molecule has 6 nitrogen and oxygen atoms in total. The summed E-state index contributed by atoms with van der Waals surface area (Å²) in [5.41, 5.74) is -5.12. The third kappa shape index (κ3) is 5.72. The number of cyclic esters (lactones) is 1. The van der Waals surface area contributed by atoms with Crippen molar-refractivity contribution < 1.29 is 33.4 Å². The third-order valence-electron chi connectivity index (χ3n) is 5.88. The summed E-state index contributed by atoms with van der Waals surface area (Å²) < 4.78 is 26.0. The Morgan fingerprint density at radius 3 is 2.17 bits per heavy atom. The van der Waals surface area contributed by atoms with E-state index in [1.165, 1.54) is 27.0 Å². The summed E-state index contributed by atoms with van der Waals surface area (Å²) in [6, 6.07) is 0. The molecule has 0 aromatic heterocycles. The summed E-state index contributed by atoms with van der Waals surface area (Å²) in [5.74, 6) is -3.73. The van der Waals surface area contributed by atoms with E-state index >= 15 is 4.39 Å². The van der Waals surface area contributed by atoms with Gasteiger partial charge in [0.2, 0.25) is 0 Å². The lowest BCUT2D eigenvalue weighted by Gasteiger charge is -2.36. The first kappa shape index (κ1) is 25.4. The Morgan fingerprint density at radius 2 is 1.69 bits per heavy atom. The Morgan fingerprint density at radius 1 is 1.17 bits per heavy atom. The lowest BCUT2D eigenvalue weighted by Crippen LogP contribution is -2.50. The molecule has 0 saturated heterocycles. The van der Waals surface area contributed by atoms with Gasteiger partial charge in [-0.2, -0.15) is 0 Å². The van der Waals surface area contributed by atoms with Crippen LogP contribution in [0.5, 0.6) is 0 Å². The minimum Gasteiger partial charge on any atom is -0.456 e. The number of aliphatic hydroxyl groups is 1. The van der Waals surface area contributed by atoms with Crippen molar-refractivity contribution in [3.8, 4) is 0 Å². The van der Waals surface area contributed by atoms with Crippen molar-refractivity contribution in [2.45, 2.75) is 90.7 Å². The average Bonchev–Trinajstić information content (AvgIpc) is 2.62. The Balaban J connectivity index is 3.52. The van der Waals surface area contributed by atoms with Gasteiger partial charge in [0, 0.05) is 18.9 Å². The Labute approximate surface area is 172 Å². The number of ether oxygens (including phenoxy) is 2. The summed E-state index contributed by atoms with van der Waals surface area (Å²) in [7, 11) is 1.47. The highest BCUT2D eigenvalue weighted by molar-refractivity contribution is 6.07. The zero-order valence-corrected chi connectivity index (χ0v) is 18.8. The van der Waals surface area contributed by atoms with Crippen LogP contribution in [-0.2, 0) is 23.9 Å². The first-order valence-electron chi connectivity index (χ1n) is 10.1. The number of ketones is 2. The van der Waals surface area contributed by atoms with E-state index in [9.17, 15) is 19.5 Å². The predicted octanol–water partition coefficient (Wildman–Crippen LogP) is 3.34. The second kappa shape index (κ2) is 9.04. The van der Waals surface area contributed by atoms with E-state index in [0.717, 1.165) is 6.92 Å². The number of esters is 1. The van der Waals surface area contributed by atoms with E-state index in [1.54, 1.807) is 27.7 Å². The molecule has 0 aliphatic carbocycles. The van der Waals surface area contributed by atoms with Crippen molar-refractivity contribution in [2.75, 3.05) is 7.11 Å². The molecule has 0 aromatic carbocycles. The molecule has 0 aromatic rings. The molecule has 0 radical (unpaired) electrons. The van der Waals surface area contributed by atoms with E-state index < -0.39 is 46.6 Å². The summed E-state index contributed by atoms with van der Waals surface area (Å²) in [5, 5.41) is 10.8. The number of allylic oxidation sites excluding steroid dienone is 1. The van der Waals surface area contributed by atoms with Gasteiger partial charge in [-0.3, -0.25) is 9.59 Å². The van der Waals surface area contributed by atoms with Crippen molar-refractivity contribution in [1.82, 2.24) is 0 Å². The minimum absolute atomic E-state index is 0.143. The molecule has 0 saturated carbocycles. The molecule has 1 heterocycles. The zero-order chi connectivity index (χ0) is 22.8. The van der Waals surface area contributed by atoms with Crippen LogP contribution >= 0.6 is 0 Å². The molecule has 0 bridgehead atoms. The number of carbonyl (C=O) groups is 3. The zero-order valence-electron chi connectivity index (χ0n) is 18.8. The van der Waals surface area contributed by atoms with Gasteiger partial charge in [0.25, 0.3) is 5.67 Å². The van der Waals surface area contributed by atoms with Crippen LogP contribution in [0, 0.1) is 11.8 Å². The molecule has 0 amide bonds. The fourth-order valence-corrected chi connectivity index (χ4v) is 4.14. The molecule has 1 N–H and O–H groups in total. The number of hydrogen-bond acceptors (Lipinski definition) is 6. The SMILES string of the molecule is CC[C@H]1OC(=O)[C@@](C)(F)C(=O)[C@H](C)C[C@](C)(OC)C[C@@H](C)C(=O)/C(C)=C/[C@]1(C)O. The average molecular weight is 415 g/mol. The van der Waals surface area contributed by atoms with Gasteiger partial charge in [0.05, 0.1) is 5.60 Å². The molecule has 166 valence electrons. The van der Waals surface area contributed by atoms with Crippen LogP contribution in [0.1, 0.15) is 67.7 Å². The highest BCUT2D eigenvalue weighted by atomic mass is 19.1. The molecule has 7 heteroatoms. The Hall–Kier alpha value is -1.60. The van der Waals surface area contributed by atoms with Crippen molar-refractivity contribution in [3.63, 3.8) is 0 Å². The first-order valence-corrected chi connectivity index (χ1v) is 10.1. The van der Waals surface area contributed by atoms with Crippen LogP contribution in [0.25, 0.3) is 0 Å². The molecule has 1 aliphatic rings. The van der Waals surface area contributed by atoms with Crippen molar-refractivity contribution >= 4 is 17.5 Å². The maximum absolute atomic E-state index is 15.2. The molecule has 1 aliphatic heterocycles. The van der Waals surface area contributed by atoms with Gasteiger partial charge in [-0.05, 0) is 58.6 Å². The number of halogens is 1. The Bertz CT molecular complexity index is 681. The largest absolute Gasteiger partial charge is 0.456 e. The summed E-state index contributed by atoms with van der Waals surface area (Å²) in [4.78, 5) is 38.1. The van der Waals surface area contributed by atoms with Gasteiger partial charge in [-0.25, -0.2) is 9.18 Å². The smallest absolute Gasteiger partial charge is 0.351 e. The van der Waals surface area contributed by atoms with E-state index in [1.807, 2.05) is 0 Å². The highest BCUT2D eigenvalue weighted by Crippen LogP contribution is 2.34. The molecule has 0 spiro atoms. The van der Waals surface area contributed by atoms with Crippen LogP contribution in [0.15, 0.2) is 11.6 Å². The number of hydrogen-bond donors (Lipinski definition) is 1. The van der Waals surface area contributed by atoms with Gasteiger partial charge in [0.1, 0.15) is 11.7 Å². The van der Waals surface area contributed by atoms with Gasteiger partial charge >= 0.3 is 5.97 Å². The van der Waals surface area contributed by atoms with Gasteiger partial charge in [-0.1, -0.05) is 20.8 Å². The molecule has 0 fully saturated rings. The third-order valence-corrected chi connectivity index (χ3v) is 5.88. The van der Waals surface area contributed by atoms with Crippen molar-refractivity contribution in [3.05, 3.63) is 11.6 Å². The predicted molar refractivity (Wildman–Crippen MR) is 107 cm³/mol. The normalized spacial score (nSPS) is 42.6. The van der Waals surface area contributed by atoms with E-state index in [2.05, 4.69) is 0 Å². The summed E-state index contributed by atoms with van der Waals surface area (Å²) in [6.07, 6.45) is 0.845. The quantitative estimate of drug-likeness (QED) is 0.551. The number of alkyl halides is 1. The minimum atomic E-state index is -2.86. The van der Waals surface area contributed by atoms with Crippen LogP contribution in [0.2, 0.25) is 0 Å². The molecular formula is C22H35FO6. The van der Waals surface area contributed by atoms with Gasteiger partial charge in [-0.15, -0.1) is 0 Å². The van der Waals surface area contributed by atoms with Crippen molar-refractivity contribution in [1.29, 1.82) is 0 Å². The van der Waals surface area contributed by atoms with Crippen LogP contribution in [-0.4, -0.2) is 52.7 Å². The molecular weight excluding hydrogens is 379 g/mol. The fraction of sp³-hybridized carbons (Fsp3) is 0.773. The highest BCUT2D eigenvalue weighted by Gasteiger charge is 2.49. The van der Waals surface area contributed by atoms with Crippen molar-refractivity contribution in [2.24, 2.45) is 11.8 Å². The summed E-state index contributed by atoms with van der Waals surface area (Å²) >= 11 is 0. The number of carbonyl (C=O) groups excluding carboxylic acids is 3. The molecule has 29 heavy (non-hydrogen) atoms. The second-order valence-electron chi connectivity index (χ2n) is 8.95. The van der Waals surface area contributed by atoms with E-state index in [0.29, 0.717) is 12.0 Å². The monoisotopic (exact) mass is 414 g/mol. The maximum atomic E-state index is 15.2. The fourth-order valence-electron chi connectivity index (χ4n) is 4.14. The molecule has 1 rings (SSSR count). The second-order valence-corrected chi connectivity index (χ2v) is 8.95. The van der Waals surface area contributed by atoms with Crippen LogP contribution in [0.4, 0.5) is 4.39 Å². The van der Waals surface area contributed by atoms with Gasteiger partial charge in [0.15, 0.2) is 11.6 Å². The Kier molecular flexibility index (Phi) is 7.93. The summed E-state index contributed by atoms with van der Waals surface area (Å²) in [6.45, 7) is 10.6. The maximum Gasteiger partial charge on any atom is 0.351 e. The first-order chi connectivity index (χ1) is 13.1. The van der Waals surface area contributed by atoms with Crippen LogP contribution in [0.3, 0.4) is 0 Å².